The van der Waals surface area contributed by atoms with Crippen molar-refractivity contribution in [1.82, 2.24) is 19.9 Å². The van der Waals surface area contributed by atoms with Crippen molar-refractivity contribution in [2.45, 2.75) is 0 Å². The summed E-state index contributed by atoms with van der Waals surface area (Å²) in [7, 11) is 0. The topological polar surface area (TPSA) is 64.7 Å². The normalized spacial score (nSPS) is 11.6. The number of oxazole rings is 1. The van der Waals surface area contributed by atoms with Crippen LogP contribution in [0.25, 0.3) is 110 Å². The predicted molar refractivity (Wildman–Crippen MR) is 230 cm³/mol. The van der Waals surface area contributed by atoms with Gasteiger partial charge in [0.2, 0.25) is 5.89 Å². The summed E-state index contributed by atoms with van der Waals surface area (Å²) in [5.41, 5.74) is 9.48. The van der Waals surface area contributed by atoms with Crippen molar-refractivity contribution >= 4 is 53.4 Å². The van der Waals surface area contributed by atoms with Crippen LogP contribution in [0.1, 0.15) is 0 Å². The first-order valence-corrected chi connectivity index (χ1v) is 19.4. The van der Waals surface area contributed by atoms with E-state index in [1.807, 2.05) is 72.8 Å². The van der Waals surface area contributed by atoms with Crippen molar-refractivity contribution in [3.05, 3.63) is 182 Å². The van der Waals surface area contributed by atoms with E-state index >= 15 is 0 Å². The van der Waals surface area contributed by atoms with Gasteiger partial charge in [-0.1, -0.05) is 146 Å². The molecule has 0 unspecified atom stereocenters. The maximum atomic E-state index is 6.61. The van der Waals surface area contributed by atoms with Crippen LogP contribution in [0.15, 0.2) is 186 Å². The Morgan fingerprint density at radius 2 is 0.982 bits per heavy atom. The van der Waals surface area contributed by atoms with E-state index in [1.165, 1.54) is 10.1 Å². The molecule has 0 atom stereocenters. The smallest absolute Gasteiger partial charge is 0.227 e. The highest BCUT2D eigenvalue weighted by Gasteiger charge is 2.23. The van der Waals surface area contributed by atoms with Crippen LogP contribution in [-0.4, -0.2) is 19.9 Å². The van der Waals surface area contributed by atoms with Gasteiger partial charge < -0.3 is 4.42 Å². The molecule has 0 amide bonds. The van der Waals surface area contributed by atoms with E-state index in [0.717, 1.165) is 76.5 Å². The van der Waals surface area contributed by atoms with E-state index in [4.69, 9.17) is 24.4 Å². The number of thiophene rings is 1. The van der Waals surface area contributed by atoms with Gasteiger partial charge in [-0.2, -0.15) is 0 Å². The predicted octanol–water partition coefficient (Wildman–Crippen LogP) is 13.5. The highest BCUT2D eigenvalue weighted by molar-refractivity contribution is 7.26. The van der Waals surface area contributed by atoms with E-state index in [1.54, 1.807) is 11.3 Å². The molecular formula is C50H30N4OS. The van der Waals surface area contributed by atoms with Gasteiger partial charge in [0.25, 0.3) is 0 Å². The molecule has 0 spiro atoms. The molecule has 6 heteroatoms. The first-order chi connectivity index (χ1) is 27.7. The third-order valence-corrected chi connectivity index (χ3v) is 11.6. The quantitative estimate of drug-likeness (QED) is 0.170. The van der Waals surface area contributed by atoms with Crippen LogP contribution >= 0.6 is 11.3 Å². The molecule has 8 aromatic carbocycles. The molecule has 262 valence electrons. The minimum Gasteiger partial charge on any atom is -0.436 e. The molecule has 0 saturated heterocycles. The zero-order valence-electron chi connectivity index (χ0n) is 29.9. The molecule has 3 heterocycles. The van der Waals surface area contributed by atoms with Crippen molar-refractivity contribution in [1.29, 1.82) is 0 Å². The highest BCUT2D eigenvalue weighted by atomic mass is 32.1. The van der Waals surface area contributed by atoms with Gasteiger partial charge in [0, 0.05) is 48.0 Å². The van der Waals surface area contributed by atoms with E-state index in [0.29, 0.717) is 23.4 Å². The van der Waals surface area contributed by atoms with Gasteiger partial charge in [0.05, 0.1) is 0 Å². The fourth-order valence-electron chi connectivity index (χ4n) is 7.73. The molecule has 0 bridgehead atoms. The summed E-state index contributed by atoms with van der Waals surface area (Å²) in [5, 5.41) is 4.52. The zero-order valence-corrected chi connectivity index (χ0v) is 30.7. The molecule has 0 N–H and O–H groups in total. The number of fused-ring (bicyclic) bond motifs is 5. The summed E-state index contributed by atoms with van der Waals surface area (Å²) >= 11 is 1.79. The molecule has 0 radical (unpaired) electrons. The Balaban J connectivity index is 1.20. The monoisotopic (exact) mass is 734 g/mol. The second-order valence-corrected chi connectivity index (χ2v) is 14.8. The minimum atomic E-state index is 0.591. The Hall–Kier alpha value is -7.28. The Bertz CT molecular complexity index is 3250. The third kappa shape index (κ3) is 5.46. The van der Waals surface area contributed by atoms with Crippen molar-refractivity contribution < 1.29 is 4.42 Å². The van der Waals surface area contributed by atoms with Crippen LogP contribution in [0.2, 0.25) is 0 Å². The fraction of sp³-hybridized carbons (Fsp3) is 0. The Labute approximate surface area is 326 Å². The number of hydrogen-bond acceptors (Lipinski definition) is 6. The van der Waals surface area contributed by atoms with Crippen molar-refractivity contribution in [3.63, 3.8) is 0 Å². The second-order valence-electron chi connectivity index (χ2n) is 13.8. The number of aromatic nitrogens is 4. The van der Waals surface area contributed by atoms with Crippen molar-refractivity contribution in [3.8, 4) is 67.9 Å². The van der Waals surface area contributed by atoms with Crippen molar-refractivity contribution in [2.75, 3.05) is 0 Å². The summed E-state index contributed by atoms with van der Waals surface area (Å²) in [5.74, 6) is 2.41. The van der Waals surface area contributed by atoms with Gasteiger partial charge >= 0.3 is 0 Å². The van der Waals surface area contributed by atoms with Gasteiger partial charge in [0.15, 0.2) is 23.1 Å². The Morgan fingerprint density at radius 3 is 1.75 bits per heavy atom. The number of nitrogens with zero attached hydrogens (tertiary/aromatic N) is 4. The van der Waals surface area contributed by atoms with E-state index in [9.17, 15) is 0 Å². The molecule has 56 heavy (non-hydrogen) atoms. The van der Waals surface area contributed by atoms with Gasteiger partial charge in [-0.3, -0.25) is 0 Å². The molecule has 11 aromatic rings. The summed E-state index contributed by atoms with van der Waals surface area (Å²) in [6.07, 6.45) is 0. The average Bonchev–Trinajstić information content (AvgIpc) is 3.87. The number of benzene rings is 8. The molecule has 3 aromatic heterocycles. The van der Waals surface area contributed by atoms with Gasteiger partial charge in [-0.05, 0) is 63.9 Å². The Kier molecular flexibility index (Phi) is 7.60. The molecule has 0 fully saturated rings. The van der Waals surface area contributed by atoms with Crippen LogP contribution in [0, 0.1) is 0 Å². The first kappa shape index (κ1) is 32.2. The molecule has 0 aliphatic heterocycles. The highest BCUT2D eigenvalue weighted by Crippen LogP contribution is 2.47. The standard InChI is InChI=1S/C50H30N4OS/c1-4-16-31(17-5-1)36-23-12-13-26-39(36)49-53-47(32-18-6-2-7-19-32)52-48(54-49)35-28-34-22-10-11-24-37(34)40(29-35)44-45-42(55-50(51-45)33-20-8-3-9-21-33)30-41-38-25-14-15-27-43(38)56-46(41)44/h1-30H. The van der Waals surface area contributed by atoms with E-state index < -0.39 is 0 Å². The minimum absolute atomic E-state index is 0.591. The summed E-state index contributed by atoms with van der Waals surface area (Å²) < 4.78 is 8.98. The zero-order chi connectivity index (χ0) is 37.0. The molecule has 0 saturated carbocycles. The summed E-state index contributed by atoms with van der Waals surface area (Å²) in [4.78, 5) is 20.8. The van der Waals surface area contributed by atoms with Crippen LogP contribution < -0.4 is 0 Å². The molecular weight excluding hydrogens is 705 g/mol. The molecule has 5 nitrogen and oxygen atoms in total. The van der Waals surface area contributed by atoms with Crippen LogP contribution in [0.4, 0.5) is 0 Å². The van der Waals surface area contributed by atoms with Crippen molar-refractivity contribution in [2.24, 2.45) is 0 Å². The maximum absolute atomic E-state index is 6.61. The lowest BCUT2D eigenvalue weighted by Crippen LogP contribution is -2.01. The van der Waals surface area contributed by atoms with E-state index in [2.05, 4.69) is 109 Å². The average molecular weight is 735 g/mol. The first-order valence-electron chi connectivity index (χ1n) is 18.6. The van der Waals surface area contributed by atoms with Crippen LogP contribution in [-0.2, 0) is 0 Å². The lowest BCUT2D eigenvalue weighted by atomic mass is 9.93. The fourth-order valence-corrected chi connectivity index (χ4v) is 8.97. The third-order valence-electron chi connectivity index (χ3n) is 10.4. The largest absolute Gasteiger partial charge is 0.436 e. The Morgan fingerprint density at radius 1 is 0.393 bits per heavy atom. The summed E-state index contributed by atoms with van der Waals surface area (Å²) in [6, 6.07) is 62.7. The number of hydrogen-bond donors (Lipinski definition) is 0. The molecule has 0 aliphatic rings. The maximum Gasteiger partial charge on any atom is 0.227 e. The second kappa shape index (κ2) is 13.2. The SMILES string of the molecule is c1ccc(-c2nc(-c3cc(-c4c5nc(-c6ccccc6)oc5cc5c4sc4ccccc45)c4ccccc4c3)nc(-c3ccccc3-c3ccccc3)n2)cc1. The molecule has 11 rings (SSSR count). The van der Waals surface area contributed by atoms with E-state index in [-0.39, 0.29) is 0 Å². The van der Waals surface area contributed by atoms with Gasteiger partial charge in [-0.25, -0.2) is 19.9 Å². The molecule has 0 aliphatic carbocycles. The number of rotatable bonds is 6. The lowest BCUT2D eigenvalue weighted by Gasteiger charge is -2.14. The summed E-state index contributed by atoms with van der Waals surface area (Å²) in [6.45, 7) is 0. The van der Waals surface area contributed by atoms with Gasteiger partial charge in [-0.15, -0.1) is 11.3 Å². The van der Waals surface area contributed by atoms with Gasteiger partial charge in [0.1, 0.15) is 5.52 Å². The van der Waals surface area contributed by atoms with Crippen LogP contribution in [0.3, 0.4) is 0 Å². The van der Waals surface area contributed by atoms with Crippen LogP contribution in [0.5, 0.6) is 0 Å². The lowest BCUT2D eigenvalue weighted by molar-refractivity contribution is 0.620.